The lowest BCUT2D eigenvalue weighted by atomic mass is 10.4. The molecule has 4 heteroatoms. The lowest BCUT2D eigenvalue weighted by Gasteiger charge is -2.20. The van der Waals surface area contributed by atoms with Gasteiger partial charge in [-0.25, -0.2) is 4.79 Å². The van der Waals surface area contributed by atoms with Gasteiger partial charge in [-0.1, -0.05) is 0 Å². The summed E-state index contributed by atoms with van der Waals surface area (Å²) in [5, 5.41) is 2.98. The molecule has 0 aliphatic carbocycles. The van der Waals surface area contributed by atoms with Crippen LogP contribution in [0.25, 0.3) is 0 Å². The van der Waals surface area contributed by atoms with E-state index in [2.05, 4.69) is 10.2 Å². The Bertz CT molecular complexity index is 196. The van der Waals surface area contributed by atoms with Gasteiger partial charge < -0.3 is 10.2 Å². The fraction of sp³-hybridized carbons (Fsp3) is 0.900. The van der Waals surface area contributed by atoms with Crippen LogP contribution in [0, 0.1) is 0 Å². The number of likely N-dealkylation sites (tertiary alicyclic amines) is 2. The molecule has 2 amide bonds. The van der Waals surface area contributed by atoms with Gasteiger partial charge in [-0.05, 0) is 38.8 Å². The molecule has 80 valence electrons. The smallest absolute Gasteiger partial charge is 0.318 e. The second-order valence-electron chi connectivity index (χ2n) is 4.16. The van der Waals surface area contributed by atoms with E-state index in [9.17, 15) is 4.79 Å². The Hall–Kier alpha value is -0.770. The predicted molar refractivity (Wildman–Crippen MR) is 55.0 cm³/mol. The lowest BCUT2D eigenvalue weighted by Crippen LogP contribution is -2.43. The SMILES string of the molecule is O=C(NCN1CCCC1)N1CCCC1. The van der Waals surface area contributed by atoms with Crippen molar-refractivity contribution in [1.29, 1.82) is 0 Å². The standard InChI is InChI=1S/C10H19N3O/c14-10(13-7-3-4-8-13)11-9-12-5-1-2-6-12/h1-9H2,(H,11,14). The molecule has 2 fully saturated rings. The van der Waals surface area contributed by atoms with Crippen LogP contribution in [-0.2, 0) is 0 Å². The van der Waals surface area contributed by atoms with E-state index in [4.69, 9.17) is 0 Å². The summed E-state index contributed by atoms with van der Waals surface area (Å²) in [6, 6.07) is 0.120. The van der Waals surface area contributed by atoms with Crippen molar-refractivity contribution in [2.24, 2.45) is 0 Å². The van der Waals surface area contributed by atoms with Crippen molar-refractivity contribution >= 4 is 6.03 Å². The van der Waals surface area contributed by atoms with Crippen molar-refractivity contribution in [3.05, 3.63) is 0 Å². The second-order valence-corrected chi connectivity index (χ2v) is 4.16. The van der Waals surface area contributed by atoms with Crippen molar-refractivity contribution in [3.63, 3.8) is 0 Å². The van der Waals surface area contributed by atoms with Crippen molar-refractivity contribution < 1.29 is 4.79 Å². The summed E-state index contributed by atoms with van der Waals surface area (Å²) in [5.74, 6) is 0. The molecule has 14 heavy (non-hydrogen) atoms. The summed E-state index contributed by atoms with van der Waals surface area (Å²) in [4.78, 5) is 15.8. The van der Waals surface area contributed by atoms with Crippen LogP contribution < -0.4 is 5.32 Å². The molecule has 0 unspecified atom stereocenters. The van der Waals surface area contributed by atoms with Gasteiger partial charge in [0.25, 0.3) is 0 Å². The molecule has 0 aromatic carbocycles. The Balaban J connectivity index is 1.66. The van der Waals surface area contributed by atoms with Crippen LogP contribution in [0.4, 0.5) is 4.79 Å². The number of hydrogen-bond acceptors (Lipinski definition) is 2. The number of nitrogens with zero attached hydrogens (tertiary/aromatic N) is 2. The number of nitrogens with one attached hydrogen (secondary N) is 1. The summed E-state index contributed by atoms with van der Waals surface area (Å²) >= 11 is 0. The van der Waals surface area contributed by atoms with E-state index in [1.807, 2.05) is 4.90 Å². The molecule has 0 aromatic heterocycles. The predicted octanol–water partition coefficient (Wildman–Crippen LogP) is 0.845. The van der Waals surface area contributed by atoms with Crippen LogP contribution in [0.3, 0.4) is 0 Å². The average Bonchev–Trinajstić information content (AvgIpc) is 2.87. The van der Waals surface area contributed by atoms with Gasteiger partial charge >= 0.3 is 6.03 Å². The highest BCUT2D eigenvalue weighted by molar-refractivity contribution is 5.74. The van der Waals surface area contributed by atoms with Crippen LogP contribution in [-0.4, -0.2) is 48.7 Å². The van der Waals surface area contributed by atoms with Crippen molar-refractivity contribution in [2.45, 2.75) is 25.7 Å². The molecule has 2 aliphatic rings. The zero-order valence-corrected chi connectivity index (χ0v) is 8.67. The molecule has 0 saturated carbocycles. The molecule has 0 aromatic rings. The van der Waals surface area contributed by atoms with Gasteiger partial charge in [-0.2, -0.15) is 0 Å². The molecule has 0 spiro atoms. The monoisotopic (exact) mass is 197 g/mol. The number of carbonyl (C=O) groups is 1. The molecule has 0 radical (unpaired) electrons. The maximum absolute atomic E-state index is 11.6. The number of amides is 2. The first-order chi connectivity index (χ1) is 6.86. The summed E-state index contributed by atoms with van der Waals surface area (Å²) in [7, 11) is 0. The minimum absolute atomic E-state index is 0.120. The van der Waals surface area contributed by atoms with Crippen molar-refractivity contribution in [3.8, 4) is 0 Å². The maximum atomic E-state index is 11.6. The Morgan fingerprint density at radius 2 is 1.57 bits per heavy atom. The normalized spacial score (nSPS) is 23.0. The van der Waals surface area contributed by atoms with Gasteiger partial charge in [0.1, 0.15) is 0 Å². The van der Waals surface area contributed by atoms with Gasteiger partial charge in [-0.15, -0.1) is 0 Å². The van der Waals surface area contributed by atoms with E-state index in [1.165, 1.54) is 12.8 Å². The maximum Gasteiger partial charge on any atom is 0.318 e. The number of urea groups is 1. The summed E-state index contributed by atoms with van der Waals surface area (Å²) in [5.41, 5.74) is 0. The number of hydrogen-bond donors (Lipinski definition) is 1. The Morgan fingerprint density at radius 1 is 1.00 bits per heavy atom. The van der Waals surface area contributed by atoms with E-state index in [-0.39, 0.29) is 6.03 Å². The van der Waals surface area contributed by atoms with Crippen LogP contribution in [0.15, 0.2) is 0 Å². The number of rotatable bonds is 2. The highest BCUT2D eigenvalue weighted by atomic mass is 16.2. The molecule has 2 heterocycles. The summed E-state index contributed by atoms with van der Waals surface area (Å²) < 4.78 is 0. The van der Waals surface area contributed by atoms with E-state index in [0.29, 0.717) is 0 Å². The topological polar surface area (TPSA) is 35.6 Å². The molecule has 4 nitrogen and oxygen atoms in total. The molecule has 1 N–H and O–H groups in total. The highest BCUT2D eigenvalue weighted by Gasteiger charge is 2.18. The Labute approximate surface area is 85.2 Å². The largest absolute Gasteiger partial charge is 0.325 e. The fourth-order valence-corrected chi connectivity index (χ4v) is 2.15. The zero-order chi connectivity index (χ0) is 9.80. The Kier molecular flexibility index (Phi) is 3.24. The van der Waals surface area contributed by atoms with E-state index < -0.39 is 0 Å². The Morgan fingerprint density at radius 3 is 2.21 bits per heavy atom. The van der Waals surface area contributed by atoms with E-state index >= 15 is 0 Å². The lowest BCUT2D eigenvalue weighted by molar-refractivity contribution is 0.199. The summed E-state index contributed by atoms with van der Waals surface area (Å²) in [6.45, 7) is 4.88. The first kappa shape index (κ1) is 9.77. The third-order valence-electron chi connectivity index (χ3n) is 3.05. The molecular weight excluding hydrogens is 178 g/mol. The van der Waals surface area contributed by atoms with Crippen LogP contribution in [0.1, 0.15) is 25.7 Å². The van der Waals surface area contributed by atoms with Gasteiger partial charge in [0.15, 0.2) is 0 Å². The highest BCUT2D eigenvalue weighted by Crippen LogP contribution is 2.08. The van der Waals surface area contributed by atoms with Gasteiger partial charge in [-0.3, -0.25) is 4.90 Å². The van der Waals surface area contributed by atoms with Gasteiger partial charge in [0.05, 0.1) is 6.67 Å². The second kappa shape index (κ2) is 4.64. The van der Waals surface area contributed by atoms with Crippen LogP contribution in [0.5, 0.6) is 0 Å². The van der Waals surface area contributed by atoms with E-state index in [0.717, 1.165) is 45.7 Å². The van der Waals surface area contributed by atoms with Crippen molar-refractivity contribution in [1.82, 2.24) is 15.1 Å². The van der Waals surface area contributed by atoms with Crippen molar-refractivity contribution in [2.75, 3.05) is 32.8 Å². The molecule has 2 aliphatic heterocycles. The molecule has 2 saturated heterocycles. The molecule has 0 atom stereocenters. The molecular formula is C10H19N3O. The summed E-state index contributed by atoms with van der Waals surface area (Å²) in [6.07, 6.45) is 4.88. The van der Waals surface area contributed by atoms with Crippen LogP contribution in [0.2, 0.25) is 0 Å². The molecule has 0 bridgehead atoms. The average molecular weight is 197 g/mol. The quantitative estimate of drug-likeness (QED) is 0.712. The first-order valence-electron chi connectivity index (χ1n) is 5.61. The number of carbonyl (C=O) groups excluding carboxylic acids is 1. The third kappa shape index (κ3) is 2.38. The van der Waals surface area contributed by atoms with Gasteiger partial charge in [0, 0.05) is 13.1 Å². The zero-order valence-electron chi connectivity index (χ0n) is 8.67. The first-order valence-corrected chi connectivity index (χ1v) is 5.61. The van der Waals surface area contributed by atoms with E-state index in [1.54, 1.807) is 0 Å². The van der Waals surface area contributed by atoms with Gasteiger partial charge in [0.2, 0.25) is 0 Å². The minimum Gasteiger partial charge on any atom is -0.325 e. The fourth-order valence-electron chi connectivity index (χ4n) is 2.15. The van der Waals surface area contributed by atoms with Crippen LogP contribution >= 0.6 is 0 Å². The minimum atomic E-state index is 0.120. The third-order valence-corrected chi connectivity index (χ3v) is 3.05. The molecule has 2 rings (SSSR count).